The second-order valence-electron chi connectivity index (χ2n) is 3.98. The standard InChI is InChI=1S/C13H10N4O2/c18-17(19)12-6-3-8-14-13(12)15-16-9-7-10-4-1-2-5-11(10)16/h1-9H,(H,14,15). The van der Waals surface area contributed by atoms with Crippen molar-refractivity contribution in [1.82, 2.24) is 9.66 Å². The number of rotatable bonds is 3. The number of nitrogens with one attached hydrogen (secondary N) is 1. The van der Waals surface area contributed by atoms with Crippen LogP contribution in [0.25, 0.3) is 10.9 Å². The number of pyridine rings is 1. The zero-order valence-corrected chi connectivity index (χ0v) is 9.85. The highest BCUT2D eigenvalue weighted by molar-refractivity contribution is 5.80. The number of aromatic nitrogens is 2. The topological polar surface area (TPSA) is 73.0 Å². The van der Waals surface area contributed by atoms with Crippen LogP contribution >= 0.6 is 0 Å². The van der Waals surface area contributed by atoms with Crippen molar-refractivity contribution >= 4 is 22.4 Å². The summed E-state index contributed by atoms with van der Waals surface area (Å²) in [6.45, 7) is 0. The molecular weight excluding hydrogens is 244 g/mol. The fourth-order valence-corrected chi connectivity index (χ4v) is 1.92. The molecule has 0 spiro atoms. The van der Waals surface area contributed by atoms with E-state index in [9.17, 15) is 10.1 Å². The van der Waals surface area contributed by atoms with E-state index in [0.29, 0.717) is 0 Å². The van der Waals surface area contributed by atoms with E-state index in [2.05, 4.69) is 10.4 Å². The Morgan fingerprint density at radius 2 is 2.00 bits per heavy atom. The van der Waals surface area contributed by atoms with Gasteiger partial charge in [0.15, 0.2) is 0 Å². The Kier molecular flexibility index (Phi) is 2.60. The maximum absolute atomic E-state index is 10.9. The molecule has 1 aromatic carbocycles. The van der Waals surface area contributed by atoms with Gasteiger partial charge in [0.25, 0.3) is 0 Å². The summed E-state index contributed by atoms with van der Waals surface area (Å²) in [5, 5.41) is 12.0. The molecule has 2 aromatic heterocycles. The molecule has 0 radical (unpaired) electrons. The lowest BCUT2D eigenvalue weighted by atomic mass is 10.3. The lowest BCUT2D eigenvalue weighted by Gasteiger charge is -2.08. The quantitative estimate of drug-likeness (QED) is 0.576. The third-order valence-electron chi connectivity index (χ3n) is 2.81. The summed E-state index contributed by atoms with van der Waals surface area (Å²) < 4.78 is 1.71. The number of benzene rings is 1. The molecule has 0 aliphatic rings. The van der Waals surface area contributed by atoms with Gasteiger partial charge in [-0.05, 0) is 18.2 Å². The Hall–Kier alpha value is -2.89. The van der Waals surface area contributed by atoms with Crippen LogP contribution < -0.4 is 5.43 Å². The van der Waals surface area contributed by atoms with Crippen LogP contribution in [0.4, 0.5) is 11.5 Å². The molecule has 3 rings (SSSR count). The molecule has 0 saturated carbocycles. The molecule has 0 aliphatic heterocycles. The molecule has 2 heterocycles. The van der Waals surface area contributed by atoms with Crippen LogP contribution in [0, 0.1) is 10.1 Å². The number of hydrogen-bond acceptors (Lipinski definition) is 4. The number of anilines is 1. The lowest BCUT2D eigenvalue weighted by molar-refractivity contribution is -0.384. The van der Waals surface area contributed by atoms with E-state index in [0.717, 1.165) is 10.9 Å². The fraction of sp³-hybridized carbons (Fsp3) is 0. The van der Waals surface area contributed by atoms with Crippen LogP contribution in [0.15, 0.2) is 54.9 Å². The van der Waals surface area contributed by atoms with E-state index >= 15 is 0 Å². The average Bonchev–Trinajstić information content (AvgIpc) is 2.83. The normalized spacial score (nSPS) is 10.5. The monoisotopic (exact) mass is 254 g/mol. The Bertz CT molecular complexity index is 751. The minimum Gasteiger partial charge on any atom is -0.272 e. The SMILES string of the molecule is O=[N+]([O-])c1cccnc1Nn1ccc2ccccc21. The van der Waals surface area contributed by atoms with Gasteiger partial charge in [-0.25, -0.2) is 4.98 Å². The van der Waals surface area contributed by atoms with E-state index in [1.807, 2.05) is 36.5 Å². The van der Waals surface area contributed by atoms with Crippen LogP contribution in [-0.2, 0) is 0 Å². The van der Waals surface area contributed by atoms with Gasteiger partial charge in [0.2, 0.25) is 5.82 Å². The van der Waals surface area contributed by atoms with Crippen LogP contribution in [0.5, 0.6) is 0 Å². The van der Waals surface area contributed by atoms with Crippen LogP contribution in [0.3, 0.4) is 0 Å². The molecule has 1 N–H and O–H groups in total. The largest absolute Gasteiger partial charge is 0.313 e. The first-order valence-electron chi connectivity index (χ1n) is 5.68. The zero-order chi connectivity index (χ0) is 13.2. The van der Waals surface area contributed by atoms with Crippen molar-refractivity contribution in [2.75, 3.05) is 5.43 Å². The zero-order valence-electron chi connectivity index (χ0n) is 9.85. The second kappa shape index (κ2) is 4.41. The molecule has 19 heavy (non-hydrogen) atoms. The Labute approximate surface area is 108 Å². The average molecular weight is 254 g/mol. The van der Waals surface area contributed by atoms with Crippen molar-refractivity contribution in [3.63, 3.8) is 0 Å². The predicted octanol–water partition coefficient (Wildman–Crippen LogP) is 2.82. The highest BCUT2D eigenvalue weighted by Crippen LogP contribution is 2.22. The Morgan fingerprint density at radius 1 is 1.16 bits per heavy atom. The van der Waals surface area contributed by atoms with Gasteiger partial charge >= 0.3 is 5.69 Å². The number of fused-ring (bicyclic) bond motifs is 1. The summed E-state index contributed by atoms with van der Waals surface area (Å²) >= 11 is 0. The second-order valence-corrected chi connectivity index (χ2v) is 3.98. The summed E-state index contributed by atoms with van der Waals surface area (Å²) in [6.07, 6.45) is 3.32. The molecule has 0 amide bonds. The maximum Gasteiger partial charge on any atom is 0.313 e. The highest BCUT2D eigenvalue weighted by Gasteiger charge is 2.14. The van der Waals surface area contributed by atoms with Crippen molar-refractivity contribution in [3.8, 4) is 0 Å². The predicted molar refractivity (Wildman–Crippen MR) is 71.9 cm³/mol. The number of nitro groups is 1. The summed E-state index contributed by atoms with van der Waals surface area (Å²) in [4.78, 5) is 14.5. The Morgan fingerprint density at radius 3 is 2.84 bits per heavy atom. The summed E-state index contributed by atoms with van der Waals surface area (Å²) in [5.74, 6) is 0.217. The van der Waals surface area contributed by atoms with Crippen molar-refractivity contribution in [2.45, 2.75) is 0 Å². The third-order valence-corrected chi connectivity index (χ3v) is 2.81. The van der Waals surface area contributed by atoms with Crippen molar-refractivity contribution < 1.29 is 4.92 Å². The Balaban J connectivity index is 2.04. The molecule has 0 unspecified atom stereocenters. The van der Waals surface area contributed by atoms with Gasteiger partial charge in [0, 0.05) is 23.8 Å². The molecule has 6 nitrogen and oxygen atoms in total. The van der Waals surface area contributed by atoms with Crippen molar-refractivity contribution in [3.05, 3.63) is 65.0 Å². The first-order chi connectivity index (χ1) is 9.25. The number of nitrogens with zero attached hydrogens (tertiary/aromatic N) is 3. The molecule has 3 aromatic rings. The van der Waals surface area contributed by atoms with E-state index in [4.69, 9.17) is 0 Å². The van der Waals surface area contributed by atoms with Crippen molar-refractivity contribution in [1.29, 1.82) is 0 Å². The smallest absolute Gasteiger partial charge is 0.272 e. The third kappa shape index (κ3) is 1.99. The summed E-state index contributed by atoms with van der Waals surface area (Å²) in [6, 6.07) is 12.6. The first-order valence-corrected chi connectivity index (χ1v) is 5.68. The van der Waals surface area contributed by atoms with Gasteiger partial charge in [-0.15, -0.1) is 0 Å². The van der Waals surface area contributed by atoms with E-state index in [-0.39, 0.29) is 11.5 Å². The minimum atomic E-state index is -0.457. The maximum atomic E-state index is 10.9. The molecule has 0 atom stereocenters. The van der Waals surface area contributed by atoms with E-state index in [1.165, 1.54) is 18.3 Å². The van der Waals surface area contributed by atoms with Gasteiger partial charge in [-0.2, -0.15) is 0 Å². The van der Waals surface area contributed by atoms with Gasteiger partial charge < -0.3 is 0 Å². The van der Waals surface area contributed by atoms with Crippen LogP contribution in [-0.4, -0.2) is 14.6 Å². The molecule has 0 aliphatic carbocycles. The molecule has 0 saturated heterocycles. The van der Waals surface area contributed by atoms with E-state index in [1.54, 1.807) is 4.68 Å². The molecule has 94 valence electrons. The van der Waals surface area contributed by atoms with Gasteiger partial charge in [0.1, 0.15) is 0 Å². The molecule has 0 bridgehead atoms. The lowest BCUT2D eigenvalue weighted by Crippen LogP contribution is -2.10. The molecule has 0 fully saturated rings. The van der Waals surface area contributed by atoms with Crippen LogP contribution in [0.2, 0.25) is 0 Å². The van der Waals surface area contributed by atoms with E-state index < -0.39 is 4.92 Å². The number of para-hydroxylation sites is 1. The van der Waals surface area contributed by atoms with Gasteiger partial charge in [-0.1, -0.05) is 18.2 Å². The van der Waals surface area contributed by atoms with Crippen LogP contribution in [0.1, 0.15) is 0 Å². The molecule has 6 heteroatoms. The van der Waals surface area contributed by atoms with Gasteiger partial charge in [-0.3, -0.25) is 20.2 Å². The summed E-state index contributed by atoms with van der Waals surface area (Å²) in [7, 11) is 0. The van der Waals surface area contributed by atoms with Gasteiger partial charge in [0.05, 0.1) is 10.4 Å². The minimum absolute atomic E-state index is 0.0553. The van der Waals surface area contributed by atoms with Crippen molar-refractivity contribution in [2.24, 2.45) is 0 Å². The first kappa shape index (κ1) is 11.2. The highest BCUT2D eigenvalue weighted by atomic mass is 16.6. The summed E-state index contributed by atoms with van der Waals surface area (Å²) in [5.41, 5.74) is 3.82. The number of hydrogen-bond donors (Lipinski definition) is 1. The molecular formula is C13H10N4O2. The fourth-order valence-electron chi connectivity index (χ4n) is 1.92.